The molecule has 2 aliphatic carbocycles. The molecule has 0 radical (unpaired) electrons. The molecule has 82 valence electrons. The molecule has 2 fully saturated rings. The van der Waals surface area contributed by atoms with Gasteiger partial charge in [0.2, 0.25) is 0 Å². The summed E-state index contributed by atoms with van der Waals surface area (Å²) in [6.45, 7) is 2.38. The van der Waals surface area contributed by atoms with Crippen molar-refractivity contribution in [3.63, 3.8) is 0 Å². The maximum atomic E-state index is 5.66. The minimum atomic E-state index is 0.606. The largest absolute Gasteiger partial charge is 0.271 e. The summed E-state index contributed by atoms with van der Waals surface area (Å²) in [6.07, 6.45) is 9.82. The molecule has 14 heavy (non-hydrogen) atoms. The number of nitrogens with one attached hydrogen (secondary N) is 1. The fourth-order valence-electron chi connectivity index (χ4n) is 2.80. The minimum absolute atomic E-state index is 0.606. The lowest BCUT2D eigenvalue weighted by atomic mass is 9.78. The summed E-state index contributed by atoms with van der Waals surface area (Å²) in [7, 11) is 0. The topological polar surface area (TPSA) is 38.0 Å². The lowest BCUT2D eigenvalue weighted by Gasteiger charge is -2.32. The summed E-state index contributed by atoms with van der Waals surface area (Å²) in [5.41, 5.74) is 3.06. The van der Waals surface area contributed by atoms with Crippen LogP contribution < -0.4 is 11.3 Å². The Hall–Kier alpha value is -0.0800. The zero-order valence-electron chi connectivity index (χ0n) is 9.34. The highest BCUT2D eigenvalue weighted by Gasteiger charge is 2.31. The SMILES string of the molecule is CC1CCC(C(CC2CC2)NN)CC1. The van der Waals surface area contributed by atoms with Crippen LogP contribution in [0.15, 0.2) is 0 Å². The van der Waals surface area contributed by atoms with Crippen molar-refractivity contribution in [2.24, 2.45) is 23.6 Å². The fourth-order valence-corrected chi connectivity index (χ4v) is 2.80. The molecule has 2 nitrogen and oxygen atoms in total. The molecule has 0 amide bonds. The van der Waals surface area contributed by atoms with E-state index in [-0.39, 0.29) is 0 Å². The summed E-state index contributed by atoms with van der Waals surface area (Å²) >= 11 is 0. The average molecular weight is 196 g/mol. The van der Waals surface area contributed by atoms with E-state index in [2.05, 4.69) is 12.3 Å². The summed E-state index contributed by atoms with van der Waals surface area (Å²) in [6, 6.07) is 0.606. The normalized spacial score (nSPS) is 35.6. The average Bonchev–Trinajstić information content (AvgIpc) is 3.00. The van der Waals surface area contributed by atoms with Crippen molar-refractivity contribution in [2.75, 3.05) is 0 Å². The quantitative estimate of drug-likeness (QED) is 0.535. The number of rotatable bonds is 4. The van der Waals surface area contributed by atoms with Crippen LogP contribution in [-0.2, 0) is 0 Å². The highest BCUT2D eigenvalue weighted by molar-refractivity contribution is 4.85. The maximum Gasteiger partial charge on any atom is 0.0241 e. The first-order chi connectivity index (χ1) is 6.79. The molecule has 0 spiro atoms. The molecule has 1 unspecified atom stereocenters. The van der Waals surface area contributed by atoms with E-state index in [9.17, 15) is 0 Å². The number of hydrogen-bond donors (Lipinski definition) is 2. The molecule has 0 saturated heterocycles. The molecule has 2 aliphatic rings. The first-order valence-corrected chi connectivity index (χ1v) is 6.25. The van der Waals surface area contributed by atoms with Crippen LogP contribution in [0.1, 0.15) is 51.9 Å². The van der Waals surface area contributed by atoms with Crippen molar-refractivity contribution < 1.29 is 0 Å². The predicted molar refractivity (Wildman–Crippen MR) is 59.6 cm³/mol. The molecule has 2 heteroatoms. The fraction of sp³-hybridized carbons (Fsp3) is 1.00. The van der Waals surface area contributed by atoms with Crippen LogP contribution in [0.2, 0.25) is 0 Å². The van der Waals surface area contributed by atoms with E-state index in [4.69, 9.17) is 5.84 Å². The van der Waals surface area contributed by atoms with Crippen LogP contribution in [-0.4, -0.2) is 6.04 Å². The van der Waals surface area contributed by atoms with Crippen molar-refractivity contribution in [3.8, 4) is 0 Å². The molecule has 1 atom stereocenters. The van der Waals surface area contributed by atoms with Crippen molar-refractivity contribution in [1.82, 2.24) is 5.43 Å². The van der Waals surface area contributed by atoms with Gasteiger partial charge in [-0.2, -0.15) is 0 Å². The molecule has 0 aromatic carbocycles. The van der Waals surface area contributed by atoms with E-state index in [1.807, 2.05) is 0 Å². The van der Waals surface area contributed by atoms with Gasteiger partial charge in [0.25, 0.3) is 0 Å². The summed E-state index contributed by atoms with van der Waals surface area (Å²) in [5, 5.41) is 0. The smallest absolute Gasteiger partial charge is 0.0241 e. The zero-order chi connectivity index (χ0) is 9.97. The third-order valence-electron chi connectivity index (χ3n) is 4.13. The Morgan fingerprint density at radius 1 is 1.14 bits per heavy atom. The second kappa shape index (κ2) is 4.63. The Labute approximate surface area is 87.6 Å². The van der Waals surface area contributed by atoms with E-state index < -0.39 is 0 Å². The second-order valence-corrected chi connectivity index (χ2v) is 5.47. The van der Waals surface area contributed by atoms with Gasteiger partial charge in [-0.15, -0.1) is 0 Å². The van der Waals surface area contributed by atoms with Crippen molar-refractivity contribution in [3.05, 3.63) is 0 Å². The molecule has 0 aromatic heterocycles. The number of nitrogens with two attached hydrogens (primary N) is 1. The van der Waals surface area contributed by atoms with Gasteiger partial charge in [-0.3, -0.25) is 11.3 Å². The predicted octanol–water partition coefficient (Wildman–Crippen LogP) is 2.44. The van der Waals surface area contributed by atoms with Gasteiger partial charge in [0, 0.05) is 6.04 Å². The highest BCUT2D eigenvalue weighted by atomic mass is 15.2. The molecule has 2 rings (SSSR count). The summed E-state index contributed by atoms with van der Waals surface area (Å²) in [4.78, 5) is 0. The lowest BCUT2D eigenvalue weighted by Crippen LogP contribution is -2.42. The summed E-state index contributed by atoms with van der Waals surface area (Å²) in [5.74, 6) is 8.47. The molecular weight excluding hydrogens is 172 g/mol. The van der Waals surface area contributed by atoms with Crippen LogP contribution in [0.4, 0.5) is 0 Å². The van der Waals surface area contributed by atoms with E-state index in [1.165, 1.54) is 44.9 Å². The molecule has 0 aliphatic heterocycles. The van der Waals surface area contributed by atoms with Crippen LogP contribution in [0.3, 0.4) is 0 Å². The van der Waals surface area contributed by atoms with E-state index >= 15 is 0 Å². The maximum absolute atomic E-state index is 5.66. The van der Waals surface area contributed by atoms with Crippen molar-refractivity contribution in [1.29, 1.82) is 0 Å². The van der Waals surface area contributed by atoms with Gasteiger partial charge in [-0.05, 0) is 37.0 Å². The van der Waals surface area contributed by atoms with Crippen molar-refractivity contribution in [2.45, 2.75) is 57.9 Å². The minimum Gasteiger partial charge on any atom is -0.271 e. The first kappa shape index (κ1) is 10.4. The van der Waals surface area contributed by atoms with Crippen molar-refractivity contribution >= 4 is 0 Å². The van der Waals surface area contributed by atoms with E-state index in [0.29, 0.717) is 6.04 Å². The van der Waals surface area contributed by atoms with Gasteiger partial charge in [-0.25, -0.2) is 0 Å². The molecule has 0 bridgehead atoms. The monoisotopic (exact) mass is 196 g/mol. The van der Waals surface area contributed by atoms with Crippen LogP contribution >= 0.6 is 0 Å². The third kappa shape index (κ3) is 2.71. The highest BCUT2D eigenvalue weighted by Crippen LogP contribution is 2.38. The number of hydrogen-bond acceptors (Lipinski definition) is 2. The first-order valence-electron chi connectivity index (χ1n) is 6.25. The number of hydrazine groups is 1. The Morgan fingerprint density at radius 2 is 1.79 bits per heavy atom. The molecule has 0 aromatic rings. The summed E-state index contributed by atoms with van der Waals surface area (Å²) < 4.78 is 0. The Morgan fingerprint density at radius 3 is 2.29 bits per heavy atom. The molecule has 2 saturated carbocycles. The van der Waals surface area contributed by atoms with Crippen LogP contribution in [0, 0.1) is 17.8 Å². The molecule has 0 heterocycles. The van der Waals surface area contributed by atoms with Gasteiger partial charge in [-0.1, -0.05) is 32.6 Å². The zero-order valence-corrected chi connectivity index (χ0v) is 9.34. The van der Waals surface area contributed by atoms with Crippen LogP contribution in [0.25, 0.3) is 0 Å². The van der Waals surface area contributed by atoms with Crippen LogP contribution in [0.5, 0.6) is 0 Å². The van der Waals surface area contributed by atoms with Gasteiger partial charge in [0.1, 0.15) is 0 Å². The Balaban J connectivity index is 1.78. The molecule has 3 N–H and O–H groups in total. The van der Waals surface area contributed by atoms with E-state index in [0.717, 1.165) is 17.8 Å². The second-order valence-electron chi connectivity index (χ2n) is 5.47. The third-order valence-corrected chi connectivity index (χ3v) is 4.13. The molecular formula is C12H24N2. The van der Waals surface area contributed by atoms with Gasteiger partial charge in [0.15, 0.2) is 0 Å². The lowest BCUT2D eigenvalue weighted by molar-refractivity contribution is 0.218. The van der Waals surface area contributed by atoms with Gasteiger partial charge < -0.3 is 0 Å². The van der Waals surface area contributed by atoms with E-state index in [1.54, 1.807) is 0 Å². The van der Waals surface area contributed by atoms with Gasteiger partial charge >= 0.3 is 0 Å². The Bertz CT molecular complexity index is 169. The van der Waals surface area contributed by atoms with Gasteiger partial charge in [0.05, 0.1) is 0 Å². The standard InChI is InChI=1S/C12H24N2/c1-9-2-6-11(7-3-9)12(14-13)8-10-4-5-10/h9-12,14H,2-8,13H2,1H3. The Kier molecular flexibility index (Phi) is 3.45.